The standard InChI is InChI=1S/C10H11BrF3NO/c11-5-1-2-6-15-7-8(10(12,13)14)3-4-9(15)16/h3-4,7H,1-2,5-6H2. The fraction of sp³-hybridized carbons (Fsp3) is 0.500. The maximum atomic E-state index is 12.4. The number of hydrogen-bond donors (Lipinski definition) is 0. The lowest BCUT2D eigenvalue weighted by Crippen LogP contribution is -2.21. The second-order valence-corrected chi connectivity index (χ2v) is 4.14. The summed E-state index contributed by atoms with van der Waals surface area (Å²) >= 11 is 3.22. The molecule has 0 bridgehead atoms. The number of unbranched alkanes of at least 4 members (excludes halogenated alkanes) is 1. The smallest absolute Gasteiger partial charge is 0.315 e. The van der Waals surface area contributed by atoms with Crippen molar-refractivity contribution in [3.63, 3.8) is 0 Å². The third-order valence-electron chi connectivity index (χ3n) is 2.09. The van der Waals surface area contributed by atoms with Crippen LogP contribution in [0.4, 0.5) is 13.2 Å². The molecular weight excluding hydrogens is 287 g/mol. The van der Waals surface area contributed by atoms with Gasteiger partial charge in [-0.2, -0.15) is 13.2 Å². The van der Waals surface area contributed by atoms with Crippen LogP contribution >= 0.6 is 15.9 Å². The van der Waals surface area contributed by atoms with Gasteiger partial charge in [-0.05, 0) is 18.9 Å². The van der Waals surface area contributed by atoms with Crippen molar-refractivity contribution in [3.05, 3.63) is 34.2 Å². The Kier molecular flexibility index (Phi) is 4.58. The van der Waals surface area contributed by atoms with E-state index in [1.807, 2.05) is 0 Å². The lowest BCUT2D eigenvalue weighted by Gasteiger charge is -2.10. The van der Waals surface area contributed by atoms with Crippen LogP contribution < -0.4 is 5.56 Å². The fourth-order valence-corrected chi connectivity index (χ4v) is 1.65. The van der Waals surface area contributed by atoms with Gasteiger partial charge in [0.2, 0.25) is 0 Å². The van der Waals surface area contributed by atoms with Crippen LogP contribution in [0.25, 0.3) is 0 Å². The Labute approximate surface area is 99.2 Å². The molecule has 0 unspecified atom stereocenters. The molecule has 0 fully saturated rings. The summed E-state index contributed by atoms with van der Waals surface area (Å²) in [6, 6.07) is 1.76. The molecule has 90 valence electrons. The first kappa shape index (κ1) is 13.3. The molecule has 0 atom stereocenters. The summed E-state index contributed by atoms with van der Waals surface area (Å²) in [5.41, 5.74) is -1.19. The lowest BCUT2D eigenvalue weighted by atomic mass is 10.2. The lowest BCUT2D eigenvalue weighted by molar-refractivity contribution is -0.138. The van der Waals surface area contributed by atoms with Crippen LogP contribution in [0, 0.1) is 0 Å². The molecule has 0 aliphatic carbocycles. The van der Waals surface area contributed by atoms with Crippen LogP contribution in [-0.2, 0) is 12.7 Å². The van der Waals surface area contributed by atoms with E-state index in [0.717, 1.165) is 34.6 Å². The Morgan fingerprint density at radius 2 is 1.94 bits per heavy atom. The zero-order valence-corrected chi connectivity index (χ0v) is 10.0. The second-order valence-electron chi connectivity index (χ2n) is 3.34. The molecule has 0 aliphatic rings. The molecule has 0 saturated heterocycles. The first-order valence-electron chi connectivity index (χ1n) is 4.79. The molecular formula is C10H11BrF3NO. The highest BCUT2D eigenvalue weighted by Crippen LogP contribution is 2.27. The molecule has 1 aromatic rings. The van der Waals surface area contributed by atoms with Gasteiger partial charge in [0.15, 0.2) is 0 Å². The van der Waals surface area contributed by atoms with Crippen molar-refractivity contribution in [2.75, 3.05) is 5.33 Å². The van der Waals surface area contributed by atoms with Gasteiger partial charge in [0.05, 0.1) is 5.56 Å². The maximum absolute atomic E-state index is 12.4. The minimum atomic E-state index is -4.40. The highest BCUT2D eigenvalue weighted by Gasteiger charge is 2.30. The first-order valence-corrected chi connectivity index (χ1v) is 5.91. The summed E-state index contributed by atoms with van der Waals surface area (Å²) in [6.45, 7) is 0.314. The molecule has 0 spiro atoms. The number of alkyl halides is 4. The normalized spacial score (nSPS) is 11.8. The SMILES string of the molecule is O=c1ccc(C(F)(F)F)cn1CCCCBr. The van der Waals surface area contributed by atoms with Crippen LogP contribution in [-0.4, -0.2) is 9.90 Å². The van der Waals surface area contributed by atoms with E-state index in [0.29, 0.717) is 13.0 Å². The maximum Gasteiger partial charge on any atom is 0.417 e. The number of halogens is 4. The van der Waals surface area contributed by atoms with Gasteiger partial charge in [0.25, 0.3) is 5.56 Å². The molecule has 1 heterocycles. The van der Waals surface area contributed by atoms with Crippen LogP contribution in [0.2, 0.25) is 0 Å². The topological polar surface area (TPSA) is 22.0 Å². The van der Waals surface area contributed by atoms with Gasteiger partial charge in [0, 0.05) is 24.1 Å². The van der Waals surface area contributed by atoms with Crippen LogP contribution in [0.1, 0.15) is 18.4 Å². The van der Waals surface area contributed by atoms with Gasteiger partial charge in [0.1, 0.15) is 0 Å². The molecule has 1 rings (SSSR count). The number of nitrogens with zero attached hydrogens (tertiary/aromatic N) is 1. The fourth-order valence-electron chi connectivity index (χ4n) is 1.25. The number of pyridine rings is 1. The Hall–Kier alpha value is -0.780. The van der Waals surface area contributed by atoms with E-state index in [2.05, 4.69) is 15.9 Å². The zero-order valence-electron chi connectivity index (χ0n) is 8.43. The molecule has 0 amide bonds. The number of aryl methyl sites for hydroxylation is 1. The van der Waals surface area contributed by atoms with E-state index in [1.54, 1.807) is 0 Å². The van der Waals surface area contributed by atoms with Crippen molar-refractivity contribution < 1.29 is 13.2 Å². The van der Waals surface area contributed by atoms with E-state index in [4.69, 9.17) is 0 Å². The number of rotatable bonds is 4. The van der Waals surface area contributed by atoms with Gasteiger partial charge in [-0.15, -0.1) is 0 Å². The molecule has 0 radical (unpaired) electrons. The van der Waals surface area contributed by atoms with E-state index >= 15 is 0 Å². The van der Waals surface area contributed by atoms with Crippen LogP contribution in [0.15, 0.2) is 23.1 Å². The van der Waals surface area contributed by atoms with Gasteiger partial charge in [-0.1, -0.05) is 15.9 Å². The van der Waals surface area contributed by atoms with Crippen molar-refractivity contribution in [1.29, 1.82) is 0 Å². The summed E-state index contributed by atoms with van der Waals surface area (Å²) in [7, 11) is 0. The third kappa shape index (κ3) is 3.66. The van der Waals surface area contributed by atoms with Gasteiger partial charge in [-0.3, -0.25) is 4.79 Å². The molecule has 0 aromatic carbocycles. The Morgan fingerprint density at radius 3 is 2.50 bits per heavy atom. The second kappa shape index (κ2) is 5.52. The van der Waals surface area contributed by atoms with Crippen LogP contribution in [0.3, 0.4) is 0 Å². The summed E-state index contributed by atoms with van der Waals surface area (Å²) in [5.74, 6) is 0. The first-order chi connectivity index (χ1) is 7.45. The molecule has 0 aliphatic heterocycles. The average Bonchev–Trinajstić information content (AvgIpc) is 2.19. The van der Waals surface area contributed by atoms with E-state index in [9.17, 15) is 18.0 Å². The third-order valence-corrected chi connectivity index (χ3v) is 2.65. The molecule has 0 saturated carbocycles. The highest BCUT2D eigenvalue weighted by atomic mass is 79.9. The Bertz CT molecular complexity index is 400. The predicted octanol–water partition coefficient (Wildman–Crippen LogP) is 3.04. The Morgan fingerprint density at radius 1 is 1.25 bits per heavy atom. The summed E-state index contributed by atoms with van der Waals surface area (Å²) in [6.07, 6.45) is -2.03. The largest absolute Gasteiger partial charge is 0.417 e. The minimum Gasteiger partial charge on any atom is -0.315 e. The van der Waals surface area contributed by atoms with Crippen molar-refractivity contribution in [3.8, 4) is 0 Å². The number of aromatic nitrogens is 1. The van der Waals surface area contributed by atoms with Gasteiger partial charge in [-0.25, -0.2) is 0 Å². The van der Waals surface area contributed by atoms with Crippen molar-refractivity contribution in [1.82, 2.24) is 4.57 Å². The molecule has 2 nitrogen and oxygen atoms in total. The average molecular weight is 298 g/mol. The quantitative estimate of drug-likeness (QED) is 0.618. The minimum absolute atomic E-state index is 0.314. The zero-order chi connectivity index (χ0) is 12.2. The van der Waals surface area contributed by atoms with Gasteiger partial charge < -0.3 is 4.57 Å². The van der Waals surface area contributed by atoms with Crippen molar-refractivity contribution in [2.24, 2.45) is 0 Å². The summed E-state index contributed by atoms with van der Waals surface area (Å²) in [5, 5.41) is 0.778. The summed E-state index contributed by atoms with van der Waals surface area (Å²) in [4.78, 5) is 11.3. The van der Waals surface area contributed by atoms with E-state index in [1.165, 1.54) is 0 Å². The van der Waals surface area contributed by atoms with Crippen LogP contribution in [0.5, 0.6) is 0 Å². The monoisotopic (exact) mass is 297 g/mol. The molecule has 0 N–H and O–H groups in total. The highest BCUT2D eigenvalue weighted by molar-refractivity contribution is 9.09. The number of hydrogen-bond acceptors (Lipinski definition) is 1. The summed E-state index contributed by atoms with van der Waals surface area (Å²) < 4.78 is 38.2. The molecule has 1 aromatic heterocycles. The molecule has 16 heavy (non-hydrogen) atoms. The van der Waals surface area contributed by atoms with Gasteiger partial charge >= 0.3 is 6.18 Å². The predicted molar refractivity (Wildman–Crippen MR) is 58.7 cm³/mol. The van der Waals surface area contributed by atoms with E-state index < -0.39 is 17.3 Å². The van der Waals surface area contributed by atoms with Crippen molar-refractivity contribution >= 4 is 15.9 Å². The van der Waals surface area contributed by atoms with E-state index in [-0.39, 0.29) is 0 Å². The van der Waals surface area contributed by atoms with Crippen molar-refractivity contribution in [2.45, 2.75) is 25.6 Å². The molecule has 6 heteroatoms. The Balaban J connectivity index is 2.87.